The standard InChI is InChI=1S/C19H19FN6O4S/c1-24(2)18(22-10-21)13-5-11-6-15(13)25(8-11)17(27)9-26-19(28)23-14-4-3-12(20)7-16(14)31(26,29)30/h3-5,7,11,15H,6,8-9H2,1-2H3,(H,23,28)/t11-,15-/m0/s1. The number of fused-ring (bicyclic) bond motifs is 3. The number of likely N-dealkylation sites (N-methyl/N-ethyl adjacent to an activating group) is 1. The third-order valence-electron chi connectivity index (χ3n) is 5.52. The summed E-state index contributed by atoms with van der Waals surface area (Å²) in [4.78, 5) is 32.1. The summed E-state index contributed by atoms with van der Waals surface area (Å²) in [7, 11) is -0.935. The third kappa shape index (κ3) is 3.40. The van der Waals surface area contributed by atoms with Crippen LogP contribution in [-0.2, 0) is 14.8 Å². The first kappa shape index (κ1) is 20.8. The lowest BCUT2D eigenvalue weighted by atomic mass is 10.1. The van der Waals surface area contributed by atoms with Gasteiger partial charge >= 0.3 is 6.03 Å². The highest BCUT2D eigenvalue weighted by atomic mass is 32.2. The number of halogens is 1. The molecule has 1 saturated heterocycles. The van der Waals surface area contributed by atoms with Gasteiger partial charge in [-0.25, -0.2) is 21.9 Å². The third-order valence-corrected chi connectivity index (χ3v) is 7.29. The van der Waals surface area contributed by atoms with Gasteiger partial charge in [0.1, 0.15) is 23.1 Å². The molecule has 1 aromatic rings. The van der Waals surface area contributed by atoms with Crippen LogP contribution in [-0.4, -0.2) is 73.5 Å². The van der Waals surface area contributed by atoms with Crippen molar-refractivity contribution in [2.75, 3.05) is 32.5 Å². The van der Waals surface area contributed by atoms with E-state index >= 15 is 0 Å². The maximum atomic E-state index is 13.6. The van der Waals surface area contributed by atoms with Gasteiger partial charge in [-0.1, -0.05) is 6.08 Å². The number of amides is 3. The lowest BCUT2D eigenvalue weighted by molar-refractivity contribution is -0.131. The van der Waals surface area contributed by atoms with E-state index in [-0.39, 0.29) is 17.6 Å². The van der Waals surface area contributed by atoms with Crippen LogP contribution in [0.3, 0.4) is 0 Å². The van der Waals surface area contributed by atoms with E-state index in [4.69, 9.17) is 5.26 Å². The zero-order chi connectivity index (χ0) is 22.5. The van der Waals surface area contributed by atoms with Crippen LogP contribution in [0.5, 0.6) is 0 Å². The van der Waals surface area contributed by atoms with Gasteiger partial charge in [-0.05, 0) is 30.5 Å². The van der Waals surface area contributed by atoms with E-state index < -0.39 is 39.2 Å². The molecule has 1 fully saturated rings. The average molecular weight is 446 g/mol. The van der Waals surface area contributed by atoms with Crippen molar-refractivity contribution < 1.29 is 22.4 Å². The van der Waals surface area contributed by atoms with E-state index in [0.717, 1.165) is 23.8 Å². The monoisotopic (exact) mass is 446 g/mol. The van der Waals surface area contributed by atoms with Crippen LogP contribution in [0.4, 0.5) is 14.9 Å². The Bertz CT molecular complexity index is 1190. The Hall–Kier alpha value is -3.46. The number of carbonyl (C=O) groups excluding carboxylic acids is 2. The van der Waals surface area contributed by atoms with Gasteiger partial charge in [0.2, 0.25) is 12.1 Å². The van der Waals surface area contributed by atoms with Gasteiger partial charge < -0.3 is 15.1 Å². The first-order chi connectivity index (χ1) is 14.6. The Morgan fingerprint density at radius 1 is 1.42 bits per heavy atom. The quantitative estimate of drug-likeness (QED) is 0.419. The first-order valence-corrected chi connectivity index (χ1v) is 10.9. The maximum absolute atomic E-state index is 13.6. The van der Waals surface area contributed by atoms with Gasteiger partial charge in [0.15, 0.2) is 0 Å². The van der Waals surface area contributed by atoms with Crippen molar-refractivity contribution in [3.05, 3.63) is 35.7 Å². The van der Waals surface area contributed by atoms with Crippen molar-refractivity contribution in [2.24, 2.45) is 10.9 Å². The number of nitrogens with one attached hydrogen (secondary N) is 1. The van der Waals surface area contributed by atoms with Gasteiger partial charge in [0.05, 0.1) is 11.7 Å². The minimum absolute atomic E-state index is 0.0381. The molecule has 0 saturated carbocycles. The molecule has 162 valence electrons. The molecule has 3 amide bonds. The van der Waals surface area contributed by atoms with E-state index in [1.54, 1.807) is 25.2 Å². The minimum atomic E-state index is -4.40. The number of amidine groups is 1. The number of hydrogen-bond acceptors (Lipinski definition) is 6. The average Bonchev–Trinajstić information content (AvgIpc) is 3.30. The Morgan fingerprint density at radius 3 is 2.81 bits per heavy atom. The molecule has 12 heteroatoms. The van der Waals surface area contributed by atoms with Gasteiger partial charge in [0.25, 0.3) is 10.0 Å². The molecule has 2 aliphatic heterocycles. The van der Waals surface area contributed by atoms with Crippen LogP contribution in [0.2, 0.25) is 0 Å². The second-order valence-electron chi connectivity index (χ2n) is 7.69. The predicted molar refractivity (Wildman–Crippen MR) is 108 cm³/mol. The molecule has 0 aromatic heterocycles. The smallest absolute Gasteiger partial charge is 0.336 e. The van der Waals surface area contributed by atoms with E-state index in [1.807, 2.05) is 6.08 Å². The number of likely N-dealkylation sites (tertiary alicyclic amines) is 1. The number of sulfonamides is 1. The summed E-state index contributed by atoms with van der Waals surface area (Å²) in [6.07, 6.45) is 4.35. The lowest BCUT2D eigenvalue weighted by Gasteiger charge is -2.33. The van der Waals surface area contributed by atoms with Crippen LogP contribution in [0.25, 0.3) is 0 Å². The second-order valence-corrected chi connectivity index (χ2v) is 9.52. The van der Waals surface area contributed by atoms with Crippen molar-refractivity contribution in [1.82, 2.24) is 14.1 Å². The Labute approximate surface area is 178 Å². The maximum Gasteiger partial charge on any atom is 0.336 e. The molecule has 4 rings (SSSR count). The predicted octanol–water partition coefficient (Wildman–Crippen LogP) is 0.960. The molecule has 1 N–H and O–H groups in total. The van der Waals surface area contributed by atoms with Gasteiger partial charge in [-0.15, -0.1) is 0 Å². The Kier molecular flexibility index (Phi) is 4.93. The molecule has 0 radical (unpaired) electrons. The fraction of sp³-hybridized carbons (Fsp3) is 0.368. The van der Waals surface area contributed by atoms with Crippen LogP contribution < -0.4 is 5.32 Å². The summed E-state index contributed by atoms with van der Waals surface area (Å²) in [6, 6.07) is 1.66. The number of carbonyl (C=O) groups is 2. The normalized spacial score (nSPS) is 23.7. The lowest BCUT2D eigenvalue weighted by Crippen LogP contribution is -2.51. The largest absolute Gasteiger partial charge is 0.362 e. The SMILES string of the molecule is CN(C)C(=NC#N)C1=C[C@H]2C[C@@H]1N(C(=O)CN1C(=O)Nc3ccc(F)cc3S1(=O)=O)C2. The number of benzene rings is 1. The molecular weight excluding hydrogens is 427 g/mol. The number of urea groups is 1. The van der Waals surface area contributed by atoms with E-state index in [9.17, 15) is 22.4 Å². The fourth-order valence-corrected chi connectivity index (χ4v) is 5.65. The second kappa shape index (κ2) is 7.35. The van der Waals surface area contributed by atoms with E-state index in [2.05, 4.69) is 10.3 Å². The van der Waals surface area contributed by atoms with Gasteiger partial charge in [0, 0.05) is 26.2 Å². The molecule has 2 bridgehead atoms. The number of rotatable bonds is 3. The molecule has 31 heavy (non-hydrogen) atoms. The van der Waals surface area contributed by atoms with Crippen molar-refractivity contribution in [3.8, 4) is 6.19 Å². The molecule has 1 aliphatic carbocycles. The van der Waals surface area contributed by atoms with Crippen molar-refractivity contribution >= 4 is 33.5 Å². The van der Waals surface area contributed by atoms with Crippen LogP contribution in [0.15, 0.2) is 39.7 Å². The number of nitrogens with zero attached hydrogens (tertiary/aromatic N) is 5. The molecule has 1 aromatic carbocycles. The Morgan fingerprint density at radius 2 is 2.16 bits per heavy atom. The van der Waals surface area contributed by atoms with Gasteiger partial charge in [-0.3, -0.25) is 4.79 Å². The number of aliphatic imine (C=N–C) groups is 1. The van der Waals surface area contributed by atoms with Crippen molar-refractivity contribution in [1.29, 1.82) is 5.26 Å². The van der Waals surface area contributed by atoms with Crippen LogP contribution in [0, 0.1) is 23.2 Å². The molecule has 0 spiro atoms. The zero-order valence-electron chi connectivity index (χ0n) is 16.7. The summed E-state index contributed by atoms with van der Waals surface area (Å²) in [5.41, 5.74) is 0.679. The highest BCUT2D eigenvalue weighted by Crippen LogP contribution is 2.38. The highest BCUT2D eigenvalue weighted by molar-refractivity contribution is 7.90. The fourth-order valence-electron chi connectivity index (χ4n) is 4.21. The zero-order valence-corrected chi connectivity index (χ0v) is 17.6. The van der Waals surface area contributed by atoms with Crippen molar-refractivity contribution in [2.45, 2.75) is 17.4 Å². The molecule has 2 heterocycles. The van der Waals surface area contributed by atoms with E-state index in [1.165, 1.54) is 4.90 Å². The number of hydrogen-bond donors (Lipinski definition) is 1. The van der Waals surface area contributed by atoms with Crippen LogP contribution in [0.1, 0.15) is 6.42 Å². The summed E-state index contributed by atoms with van der Waals surface area (Å²) in [5.74, 6) is -0.856. The summed E-state index contributed by atoms with van der Waals surface area (Å²) in [5, 5.41) is 11.4. The highest BCUT2D eigenvalue weighted by Gasteiger charge is 2.46. The molecule has 2 atom stereocenters. The summed E-state index contributed by atoms with van der Waals surface area (Å²) >= 11 is 0. The Balaban J connectivity index is 1.58. The molecule has 0 unspecified atom stereocenters. The first-order valence-electron chi connectivity index (χ1n) is 9.42. The molecule has 3 aliphatic rings. The summed E-state index contributed by atoms with van der Waals surface area (Å²) in [6.45, 7) is -0.339. The molecular formula is C19H19FN6O4S. The minimum Gasteiger partial charge on any atom is -0.362 e. The van der Waals surface area contributed by atoms with Gasteiger partial charge in [-0.2, -0.15) is 10.3 Å². The van der Waals surface area contributed by atoms with Crippen molar-refractivity contribution in [3.63, 3.8) is 0 Å². The number of anilines is 1. The number of nitriles is 1. The van der Waals surface area contributed by atoms with Crippen LogP contribution >= 0.6 is 0 Å². The molecule has 10 nitrogen and oxygen atoms in total. The summed E-state index contributed by atoms with van der Waals surface area (Å²) < 4.78 is 39.8. The topological polar surface area (TPSA) is 126 Å². The van der Waals surface area contributed by atoms with E-state index in [0.29, 0.717) is 23.1 Å².